The summed E-state index contributed by atoms with van der Waals surface area (Å²) in [5.74, 6) is -3.90. The molecule has 0 fully saturated rings. The van der Waals surface area contributed by atoms with E-state index in [-0.39, 0.29) is 11.8 Å². The third kappa shape index (κ3) is 4.93. The van der Waals surface area contributed by atoms with Gasteiger partial charge in [0.25, 0.3) is 0 Å². The summed E-state index contributed by atoms with van der Waals surface area (Å²) in [6.45, 7) is -0.575. The molecule has 0 saturated carbocycles. The van der Waals surface area contributed by atoms with Crippen molar-refractivity contribution >= 4 is 23.4 Å². The van der Waals surface area contributed by atoms with Gasteiger partial charge >= 0.3 is 11.5 Å². The molecule has 0 unspecified atom stereocenters. The van der Waals surface area contributed by atoms with Gasteiger partial charge in [-0.05, 0) is 17.8 Å². The van der Waals surface area contributed by atoms with Crippen molar-refractivity contribution in [3.63, 3.8) is 0 Å². The molecule has 3 nitrogen and oxygen atoms in total. The molecule has 0 aliphatic rings. The number of nitrogen functional groups attached to an aromatic ring is 1. The van der Waals surface area contributed by atoms with E-state index >= 15 is 0 Å². The molecule has 19 heavy (non-hydrogen) atoms. The molecule has 0 aliphatic heterocycles. The molecule has 0 heterocycles. The van der Waals surface area contributed by atoms with E-state index in [2.05, 4.69) is 4.74 Å². The zero-order chi connectivity index (χ0) is 14.6. The highest BCUT2D eigenvalue weighted by atomic mass is 32.2. The van der Waals surface area contributed by atoms with E-state index in [1.54, 1.807) is 0 Å². The monoisotopic (exact) mass is 301 g/mol. The van der Waals surface area contributed by atoms with E-state index in [1.165, 1.54) is 0 Å². The summed E-state index contributed by atoms with van der Waals surface area (Å²) in [6, 6.07) is 1.13. The van der Waals surface area contributed by atoms with Gasteiger partial charge < -0.3 is 10.5 Å². The van der Waals surface area contributed by atoms with Gasteiger partial charge in [0.1, 0.15) is 18.2 Å². The fourth-order valence-electron chi connectivity index (χ4n) is 1.09. The van der Waals surface area contributed by atoms with Gasteiger partial charge in [0.05, 0.1) is 11.3 Å². The summed E-state index contributed by atoms with van der Waals surface area (Å²) in [5, 5.41) is 0. The Balaban J connectivity index is 2.57. The van der Waals surface area contributed by atoms with Gasteiger partial charge in [0, 0.05) is 11.8 Å². The molecule has 9 heteroatoms. The number of nitrogens with two attached hydrogens (primary N) is 1. The summed E-state index contributed by atoms with van der Waals surface area (Å²) in [5.41, 5.74) is -0.579. The smallest absolute Gasteiger partial charge is 0.441 e. The van der Waals surface area contributed by atoms with E-state index < -0.39 is 46.7 Å². The van der Waals surface area contributed by atoms with Crippen LogP contribution in [0.3, 0.4) is 0 Å². The maximum absolute atomic E-state index is 13.2. The van der Waals surface area contributed by atoms with Gasteiger partial charge in [0.15, 0.2) is 0 Å². The highest BCUT2D eigenvalue weighted by molar-refractivity contribution is 8.00. The molecule has 1 aromatic carbocycles. The number of rotatable bonds is 4. The van der Waals surface area contributed by atoms with Crippen molar-refractivity contribution < 1.29 is 31.5 Å². The number of benzene rings is 1. The molecule has 106 valence electrons. The quantitative estimate of drug-likeness (QED) is 0.402. The van der Waals surface area contributed by atoms with Gasteiger partial charge in [-0.25, -0.2) is 13.6 Å². The van der Waals surface area contributed by atoms with Crippen LogP contribution in [0.4, 0.5) is 27.6 Å². The predicted octanol–water partition coefficient (Wildman–Crippen LogP) is 2.96. The molecule has 1 aromatic rings. The molecular weight excluding hydrogens is 293 g/mol. The maximum atomic E-state index is 13.2. The molecule has 0 spiro atoms. The number of alkyl halides is 3. The topological polar surface area (TPSA) is 52.3 Å². The van der Waals surface area contributed by atoms with E-state index in [4.69, 9.17) is 5.73 Å². The highest BCUT2D eigenvalue weighted by Crippen LogP contribution is 2.29. The summed E-state index contributed by atoms with van der Waals surface area (Å²) in [7, 11) is 0. The van der Waals surface area contributed by atoms with Crippen molar-refractivity contribution in [3.05, 3.63) is 29.3 Å². The molecule has 1 rings (SSSR count). The van der Waals surface area contributed by atoms with Crippen molar-refractivity contribution in [2.45, 2.75) is 5.51 Å². The summed E-state index contributed by atoms with van der Waals surface area (Å²) >= 11 is -0.385. The Hall–Kier alpha value is -1.51. The molecule has 0 amide bonds. The van der Waals surface area contributed by atoms with Crippen LogP contribution in [-0.4, -0.2) is 23.8 Å². The molecule has 2 N–H and O–H groups in total. The van der Waals surface area contributed by atoms with E-state index in [9.17, 15) is 26.7 Å². The number of carbonyl (C=O) groups is 1. The van der Waals surface area contributed by atoms with Crippen LogP contribution in [0.1, 0.15) is 10.4 Å². The first-order valence-corrected chi connectivity index (χ1v) is 5.81. The molecule has 0 saturated heterocycles. The lowest BCUT2D eigenvalue weighted by Gasteiger charge is -2.08. The van der Waals surface area contributed by atoms with Crippen molar-refractivity contribution in [2.75, 3.05) is 18.1 Å². The van der Waals surface area contributed by atoms with Gasteiger partial charge in [-0.2, -0.15) is 13.2 Å². The second kappa shape index (κ2) is 6.09. The second-order valence-corrected chi connectivity index (χ2v) is 4.44. The van der Waals surface area contributed by atoms with E-state index in [0.29, 0.717) is 12.1 Å². The number of hydrogen-bond donors (Lipinski definition) is 1. The number of hydrogen-bond acceptors (Lipinski definition) is 4. The molecule has 0 aromatic heterocycles. The lowest BCUT2D eigenvalue weighted by molar-refractivity contribution is -0.0331. The fourth-order valence-corrected chi connectivity index (χ4v) is 1.49. The first-order valence-electron chi connectivity index (χ1n) is 4.83. The Bertz CT molecular complexity index is 478. The maximum Gasteiger partial charge on any atom is 0.441 e. The summed E-state index contributed by atoms with van der Waals surface area (Å²) < 4.78 is 65.9. The first-order chi connectivity index (χ1) is 8.70. The average molecular weight is 301 g/mol. The third-order valence-corrected chi connectivity index (χ3v) is 2.59. The Morgan fingerprint density at radius 3 is 2.47 bits per heavy atom. The third-order valence-electron chi connectivity index (χ3n) is 1.89. The minimum atomic E-state index is -4.44. The second-order valence-electron chi connectivity index (χ2n) is 3.28. The number of thioether (sulfide) groups is 1. The van der Waals surface area contributed by atoms with Crippen molar-refractivity contribution in [1.82, 2.24) is 0 Å². The normalized spacial score (nSPS) is 11.4. The SMILES string of the molecule is Nc1cc(F)c(C(=O)OCCSC(F)(F)F)cc1F. The molecular formula is C10H8F5NO2S. The average Bonchev–Trinajstić information content (AvgIpc) is 2.28. The number of carbonyl (C=O) groups excluding carboxylic acids is 1. The number of esters is 1. The first kappa shape index (κ1) is 15.5. The number of halogens is 5. The highest BCUT2D eigenvalue weighted by Gasteiger charge is 2.27. The van der Waals surface area contributed by atoms with Gasteiger partial charge in [-0.15, -0.1) is 0 Å². The lowest BCUT2D eigenvalue weighted by atomic mass is 10.2. The van der Waals surface area contributed by atoms with Crippen LogP contribution in [0.5, 0.6) is 0 Å². The minimum absolute atomic E-state index is 0.385. The predicted molar refractivity (Wildman–Crippen MR) is 59.6 cm³/mol. The van der Waals surface area contributed by atoms with E-state index in [1.807, 2.05) is 0 Å². The lowest BCUT2D eigenvalue weighted by Crippen LogP contribution is -2.12. The van der Waals surface area contributed by atoms with Crippen LogP contribution in [0.25, 0.3) is 0 Å². The Kier molecular flexibility index (Phi) is 4.98. The zero-order valence-corrected chi connectivity index (χ0v) is 10.1. The number of ether oxygens (including phenoxy) is 1. The van der Waals surface area contributed by atoms with Crippen LogP contribution < -0.4 is 5.73 Å². The summed E-state index contributed by atoms with van der Waals surface area (Å²) in [4.78, 5) is 11.3. The van der Waals surface area contributed by atoms with Gasteiger partial charge in [-0.3, -0.25) is 0 Å². The van der Waals surface area contributed by atoms with Crippen molar-refractivity contribution in [1.29, 1.82) is 0 Å². The summed E-state index contributed by atoms with van der Waals surface area (Å²) in [6.07, 6.45) is 0. The molecule has 0 bridgehead atoms. The largest absolute Gasteiger partial charge is 0.461 e. The fraction of sp³-hybridized carbons (Fsp3) is 0.300. The zero-order valence-electron chi connectivity index (χ0n) is 9.26. The van der Waals surface area contributed by atoms with Crippen LogP contribution in [0.15, 0.2) is 12.1 Å². The molecule has 0 aliphatic carbocycles. The Labute approximate surface area is 108 Å². The minimum Gasteiger partial charge on any atom is -0.461 e. The van der Waals surface area contributed by atoms with E-state index in [0.717, 1.165) is 0 Å². The van der Waals surface area contributed by atoms with Crippen LogP contribution in [0, 0.1) is 11.6 Å². The van der Waals surface area contributed by atoms with Crippen LogP contribution in [0.2, 0.25) is 0 Å². The van der Waals surface area contributed by atoms with Gasteiger partial charge in [0.2, 0.25) is 0 Å². The van der Waals surface area contributed by atoms with Gasteiger partial charge in [-0.1, -0.05) is 0 Å². The molecule has 0 radical (unpaired) electrons. The Morgan fingerprint density at radius 1 is 1.26 bits per heavy atom. The van der Waals surface area contributed by atoms with Crippen LogP contribution in [-0.2, 0) is 4.74 Å². The van der Waals surface area contributed by atoms with Crippen molar-refractivity contribution in [2.24, 2.45) is 0 Å². The number of anilines is 1. The molecule has 0 atom stereocenters. The Morgan fingerprint density at radius 2 is 1.89 bits per heavy atom. The standard InChI is InChI=1S/C10H8F5NO2S/c11-6-4-8(16)7(12)3-5(6)9(17)18-1-2-19-10(13,14)15/h3-4H,1-2,16H2. The van der Waals surface area contributed by atoms with Crippen molar-refractivity contribution in [3.8, 4) is 0 Å². The van der Waals surface area contributed by atoms with Crippen LogP contribution >= 0.6 is 11.8 Å².